The van der Waals surface area contributed by atoms with Gasteiger partial charge in [0, 0.05) is 12.4 Å². The van der Waals surface area contributed by atoms with E-state index in [0.717, 1.165) is 0 Å². The number of benzene rings is 1. The van der Waals surface area contributed by atoms with Crippen LogP contribution in [0.4, 0.5) is 0 Å². The molecule has 1 aromatic rings. The molecule has 0 unspecified atom stereocenters. The normalized spacial score (nSPS) is 18.8. The average Bonchev–Trinajstić information content (AvgIpc) is 2.64. The molecular weight excluding hydrogens is 281 g/mol. The first kappa shape index (κ1) is 16.5. The average molecular weight is 301 g/mol. The topological polar surface area (TPSA) is 68.6 Å². The lowest BCUT2D eigenvalue weighted by Crippen LogP contribution is -2.41. The van der Waals surface area contributed by atoms with Gasteiger partial charge < -0.3 is 14.0 Å². The van der Waals surface area contributed by atoms with Crippen LogP contribution in [-0.4, -0.2) is 24.3 Å². The molecule has 1 aliphatic heterocycles. The molecule has 0 N–H and O–H groups in total. The fourth-order valence-corrected chi connectivity index (χ4v) is 2.26. The van der Waals surface area contributed by atoms with Crippen molar-refractivity contribution in [3.05, 3.63) is 29.3 Å². The van der Waals surface area contributed by atoms with E-state index in [-0.39, 0.29) is 12.6 Å². The number of ether oxygens (including phenoxy) is 1. The third-order valence-electron chi connectivity index (χ3n) is 4.24. The summed E-state index contributed by atoms with van der Waals surface area (Å²) in [6.07, 6.45) is 0. The zero-order valence-electron chi connectivity index (χ0n) is 13.6. The van der Waals surface area contributed by atoms with Crippen molar-refractivity contribution in [2.45, 2.75) is 52.4 Å². The standard InChI is InChI=1S/C16H20BNO4/c1-11(19)20-10-13-8-6-7-12(9-18)14(13)17-21-15(2,3)16(4,5)22-17/h6-8H,10H2,1-5H3. The predicted octanol–water partition coefficient (Wildman–Crippen LogP) is 1.92. The van der Waals surface area contributed by atoms with Gasteiger partial charge in [-0.25, -0.2) is 0 Å². The first-order chi connectivity index (χ1) is 10.2. The Morgan fingerprint density at radius 3 is 2.36 bits per heavy atom. The van der Waals surface area contributed by atoms with E-state index in [1.807, 2.05) is 33.8 Å². The Morgan fingerprint density at radius 1 is 1.27 bits per heavy atom. The number of hydrogen-bond donors (Lipinski definition) is 0. The number of nitrogens with zero attached hydrogens (tertiary/aromatic N) is 1. The lowest BCUT2D eigenvalue weighted by molar-refractivity contribution is -0.142. The van der Waals surface area contributed by atoms with E-state index < -0.39 is 18.3 Å². The Balaban J connectivity index is 2.42. The van der Waals surface area contributed by atoms with Crippen LogP contribution in [0, 0.1) is 11.3 Å². The van der Waals surface area contributed by atoms with Crippen molar-refractivity contribution in [2.75, 3.05) is 0 Å². The first-order valence-electron chi connectivity index (χ1n) is 7.19. The van der Waals surface area contributed by atoms with Gasteiger partial charge in [0.15, 0.2) is 0 Å². The van der Waals surface area contributed by atoms with Crippen LogP contribution in [0.1, 0.15) is 45.7 Å². The van der Waals surface area contributed by atoms with Gasteiger partial charge in [0.2, 0.25) is 0 Å². The Morgan fingerprint density at radius 2 is 1.86 bits per heavy atom. The Kier molecular flexibility index (Phi) is 4.32. The quantitative estimate of drug-likeness (QED) is 0.630. The van der Waals surface area contributed by atoms with Crippen LogP contribution < -0.4 is 5.46 Å². The minimum Gasteiger partial charge on any atom is -0.461 e. The van der Waals surface area contributed by atoms with E-state index in [2.05, 4.69) is 6.07 Å². The number of esters is 1. The van der Waals surface area contributed by atoms with Crippen molar-refractivity contribution >= 4 is 18.6 Å². The second-order valence-electron chi connectivity index (χ2n) is 6.36. The zero-order valence-corrected chi connectivity index (χ0v) is 13.6. The Labute approximate surface area is 131 Å². The van der Waals surface area contributed by atoms with Crippen molar-refractivity contribution in [2.24, 2.45) is 0 Å². The fraction of sp³-hybridized carbons (Fsp3) is 0.500. The van der Waals surface area contributed by atoms with Crippen LogP contribution in [-0.2, 0) is 25.4 Å². The van der Waals surface area contributed by atoms with Crippen molar-refractivity contribution in [3.63, 3.8) is 0 Å². The molecule has 1 aliphatic rings. The molecule has 0 spiro atoms. The largest absolute Gasteiger partial charge is 0.496 e. The van der Waals surface area contributed by atoms with Crippen LogP contribution in [0.3, 0.4) is 0 Å². The molecule has 1 saturated heterocycles. The predicted molar refractivity (Wildman–Crippen MR) is 82.3 cm³/mol. The molecular formula is C16H20BNO4. The van der Waals surface area contributed by atoms with Crippen molar-refractivity contribution < 1.29 is 18.8 Å². The molecule has 1 heterocycles. The summed E-state index contributed by atoms with van der Waals surface area (Å²) in [6, 6.07) is 7.43. The van der Waals surface area contributed by atoms with Gasteiger partial charge in [-0.1, -0.05) is 12.1 Å². The van der Waals surface area contributed by atoms with Gasteiger partial charge in [-0.05, 0) is 39.3 Å². The van der Waals surface area contributed by atoms with E-state index in [1.165, 1.54) is 6.92 Å². The molecule has 22 heavy (non-hydrogen) atoms. The van der Waals surface area contributed by atoms with Gasteiger partial charge in [0.05, 0.1) is 22.8 Å². The molecule has 0 aromatic heterocycles. The second kappa shape index (κ2) is 5.75. The second-order valence-corrected chi connectivity index (χ2v) is 6.36. The maximum atomic E-state index is 11.1. The zero-order chi connectivity index (χ0) is 16.5. The Hall–Kier alpha value is -1.84. The molecule has 0 atom stereocenters. The van der Waals surface area contributed by atoms with E-state index in [0.29, 0.717) is 16.6 Å². The number of carbonyl (C=O) groups excluding carboxylic acids is 1. The van der Waals surface area contributed by atoms with E-state index in [1.54, 1.807) is 12.1 Å². The highest BCUT2D eigenvalue weighted by atomic mass is 16.7. The maximum absolute atomic E-state index is 11.1. The first-order valence-corrected chi connectivity index (χ1v) is 7.19. The lowest BCUT2D eigenvalue weighted by atomic mass is 9.73. The van der Waals surface area contributed by atoms with Crippen LogP contribution in [0.5, 0.6) is 0 Å². The molecule has 5 nitrogen and oxygen atoms in total. The van der Waals surface area contributed by atoms with E-state index in [4.69, 9.17) is 14.0 Å². The van der Waals surface area contributed by atoms with Crippen LogP contribution >= 0.6 is 0 Å². The third-order valence-corrected chi connectivity index (χ3v) is 4.24. The number of hydrogen-bond acceptors (Lipinski definition) is 5. The summed E-state index contributed by atoms with van der Waals surface area (Å²) in [5.41, 5.74) is 0.804. The summed E-state index contributed by atoms with van der Waals surface area (Å²) >= 11 is 0. The number of rotatable bonds is 3. The smallest absolute Gasteiger partial charge is 0.461 e. The Bertz CT molecular complexity index is 618. The van der Waals surface area contributed by atoms with Crippen LogP contribution in [0.2, 0.25) is 0 Å². The third kappa shape index (κ3) is 3.01. The number of carbonyl (C=O) groups is 1. The molecule has 1 aromatic carbocycles. The maximum Gasteiger partial charge on any atom is 0.496 e. The fourth-order valence-electron chi connectivity index (χ4n) is 2.26. The molecule has 0 amide bonds. The van der Waals surface area contributed by atoms with Crippen molar-refractivity contribution in [1.29, 1.82) is 5.26 Å². The summed E-state index contributed by atoms with van der Waals surface area (Å²) in [5.74, 6) is -0.373. The summed E-state index contributed by atoms with van der Waals surface area (Å²) in [5, 5.41) is 9.37. The van der Waals surface area contributed by atoms with Crippen molar-refractivity contribution in [3.8, 4) is 6.07 Å². The van der Waals surface area contributed by atoms with Gasteiger partial charge in [0.25, 0.3) is 0 Å². The molecule has 116 valence electrons. The molecule has 6 heteroatoms. The van der Waals surface area contributed by atoms with Crippen LogP contribution in [0.25, 0.3) is 0 Å². The van der Waals surface area contributed by atoms with E-state index >= 15 is 0 Å². The van der Waals surface area contributed by atoms with Gasteiger partial charge in [0.1, 0.15) is 6.61 Å². The molecule has 0 aliphatic carbocycles. The highest BCUT2D eigenvalue weighted by Gasteiger charge is 2.52. The molecule has 1 fully saturated rings. The minimum atomic E-state index is -0.661. The molecule has 0 bridgehead atoms. The molecule has 0 saturated carbocycles. The van der Waals surface area contributed by atoms with Gasteiger partial charge >= 0.3 is 13.1 Å². The van der Waals surface area contributed by atoms with Gasteiger partial charge in [-0.3, -0.25) is 4.79 Å². The van der Waals surface area contributed by atoms with Gasteiger partial charge in [-0.15, -0.1) is 0 Å². The minimum absolute atomic E-state index is 0.0876. The highest BCUT2D eigenvalue weighted by Crippen LogP contribution is 2.37. The summed E-state index contributed by atoms with van der Waals surface area (Å²) in [6.45, 7) is 9.25. The summed E-state index contributed by atoms with van der Waals surface area (Å²) in [7, 11) is -0.661. The SMILES string of the molecule is CC(=O)OCc1cccc(C#N)c1B1OC(C)(C)C(C)(C)O1. The van der Waals surface area contributed by atoms with Crippen LogP contribution in [0.15, 0.2) is 18.2 Å². The highest BCUT2D eigenvalue weighted by molar-refractivity contribution is 6.63. The summed E-state index contributed by atoms with van der Waals surface area (Å²) < 4.78 is 17.1. The number of nitriles is 1. The molecule has 0 radical (unpaired) electrons. The lowest BCUT2D eigenvalue weighted by Gasteiger charge is -2.32. The monoisotopic (exact) mass is 301 g/mol. The summed E-state index contributed by atoms with van der Waals surface area (Å²) in [4.78, 5) is 11.1. The molecule has 2 rings (SSSR count). The van der Waals surface area contributed by atoms with E-state index in [9.17, 15) is 10.1 Å². The van der Waals surface area contributed by atoms with Gasteiger partial charge in [-0.2, -0.15) is 5.26 Å². The van der Waals surface area contributed by atoms with Crippen molar-refractivity contribution in [1.82, 2.24) is 0 Å².